The molecule has 2 amide bonds. The van der Waals surface area contributed by atoms with E-state index in [0.717, 1.165) is 21.3 Å². The smallest absolute Gasteiger partial charge is 0.292 e. The van der Waals surface area contributed by atoms with Gasteiger partial charge in [-0.3, -0.25) is 14.9 Å². The van der Waals surface area contributed by atoms with Crippen LogP contribution in [0.3, 0.4) is 0 Å². The fourth-order valence-electron chi connectivity index (χ4n) is 3.36. The molecule has 0 unspecified atom stereocenters. The molecular formula is C26H18BrN7O2S. The standard InChI is InChI=1S/C26H18BrN7O2S/c27-20-13-11-17(12-14-20)22-19(16-34(33-22)21-9-5-2-6-10-21)15-28-30-24(36)23(35)29-26-32-31-25(37-26)18-7-3-1-4-8-18/h1-16H,(H,30,36)(H,29,32,35)/b28-15-. The zero-order valence-electron chi connectivity index (χ0n) is 19.1. The second kappa shape index (κ2) is 11.1. The Morgan fingerprint density at radius 3 is 2.30 bits per heavy atom. The van der Waals surface area contributed by atoms with E-state index in [1.165, 1.54) is 17.6 Å². The zero-order valence-corrected chi connectivity index (χ0v) is 21.5. The molecule has 37 heavy (non-hydrogen) atoms. The first-order valence-electron chi connectivity index (χ1n) is 11.0. The number of amides is 2. The number of anilines is 1. The lowest BCUT2D eigenvalue weighted by Gasteiger charge is -2.01. The van der Waals surface area contributed by atoms with Crippen LogP contribution in [0.2, 0.25) is 0 Å². The van der Waals surface area contributed by atoms with Crippen molar-refractivity contribution in [3.05, 3.63) is 101 Å². The molecule has 0 aliphatic rings. The molecule has 11 heteroatoms. The largest absolute Gasteiger partial charge is 0.329 e. The number of hydrogen-bond donors (Lipinski definition) is 2. The molecule has 0 radical (unpaired) electrons. The van der Waals surface area contributed by atoms with Crippen LogP contribution in [0.4, 0.5) is 5.13 Å². The molecule has 2 heterocycles. The molecule has 182 valence electrons. The van der Waals surface area contributed by atoms with Crippen molar-refractivity contribution >= 4 is 50.4 Å². The first-order chi connectivity index (χ1) is 18.1. The van der Waals surface area contributed by atoms with E-state index in [1.807, 2.05) is 84.9 Å². The summed E-state index contributed by atoms with van der Waals surface area (Å²) in [7, 11) is 0. The van der Waals surface area contributed by atoms with Crippen molar-refractivity contribution in [3.63, 3.8) is 0 Å². The molecule has 0 aliphatic heterocycles. The second-order valence-corrected chi connectivity index (χ2v) is 9.54. The van der Waals surface area contributed by atoms with Gasteiger partial charge < -0.3 is 0 Å². The van der Waals surface area contributed by atoms with Crippen molar-refractivity contribution in [1.82, 2.24) is 25.4 Å². The van der Waals surface area contributed by atoms with E-state index in [0.29, 0.717) is 16.3 Å². The number of halogens is 1. The molecule has 0 spiro atoms. The van der Waals surface area contributed by atoms with Gasteiger partial charge in [0, 0.05) is 27.4 Å². The van der Waals surface area contributed by atoms with E-state index < -0.39 is 11.8 Å². The lowest BCUT2D eigenvalue weighted by Crippen LogP contribution is -2.32. The fourth-order valence-corrected chi connectivity index (χ4v) is 4.37. The maximum atomic E-state index is 12.3. The number of aromatic nitrogens is 4. The van der Waals surface area contributed by atoms with Gasteiger partial charge in [-0.15, -0.1) is 10.2 Å². The van der Waals surface area contributed by atoms with Crippen molar-refractivity contribution in [2.75, 3.05) is 5.32 Å². The highest BCUT2D eigenvalue weighted by molar-refractivity contribution is 9.10. The Bertz CT molecular complexity index is 1570. The first kappa shape index (κ1) is 24.2. The summed E-state index contributed by atoms with van der Waals surface area (Å²) in [5.41, 5.74) is 6.19. The second-order valence-electron chi connectivity index (χ2n) is 7.65. The van der Waals surface area contributed by atoms with E-state index >= 15 is 0 Å². The maximum absolute atomic E-state index is 12.3. The Morgan fingerprint density at radius 2 is 1.57 bits per heavy atom. The van der Waals surface area contributed by atoms with Gasteiger partial charge in [-0.25, -0.2) is 10.1 Å². The van der Waals surface area contributed by atoms with Gasteiger partial charge in [0.15, 0.2) is 0 Å². The maximum Gasteiger partial charge on any atom is 0.329 e. The van der Waals surface area contributed by atoms with E-state index in [2.05, 4.69) is 42.0 Å². The lowest BCUT2D eigenvalue weighted by molar-refractivity contribution is -0.136. The molecule has 0 fully saturated rings. The number of benzene rings is 3. The van der Waals surface area contributed by atoms with Crippen LogP contribution in [0, 0.1) is 0 Å². The van der Waals surface area contributed by atoms with Crippen molar-refractivity contribution in [1.29, 1.82) is 0 Å². The quantitative estimate of drug-likeness (QED) is 0.171. The lowest BCUT2D eigenvalue weighted by atomic mass is 10.1. The van der Waals surface area contributed by atoms with Crippen LogP contribution >= 0.6 is 27.3 Å². The SMILES string of the molecule is O=C(N/N=C\c1cn(-c2ccccc2)nc1-c1ccc(Br)cc1)C(=O)Nc1nnc(-c2ccccc2)s1. The number of nitrogens with zero attached hydrogens (tertiary/aromatic N) is 5. The van der Waals surface area contributed by atoms with E-state index in [9.17, 15) is 9.59 Å². The number of para-hydroxylation sites is 1. The van der Waals surface area contributed by atoms with Crippen LogP contribution < -0.4 is 10.7 Å². The van der Waals surface area contributed by atoms with Crippen LogP contribution in [0.5, 0.6) is 0 Å². The van der Waals surface area contributed by atoms with Crippen LogP contribution in [-0.2, 0) is 9.59 Å². The highest BCUT2D eigenvalue weighted by Crippen LogP contribution is 2.26. The van der Waals surface area contributed by atoms with Crippen LogP contribution in [0.15, 0.2) is 101 Å². The molecule has 0 aliphatic carbocycles. The normalized spacial score (nSPS) is 10.9. The van der Waals surface area contributed by atoms with Crippen molar-refractivity contribution in [2.45, 2.75) is 0 Å². The van der Waals surface area contributed by atoms with Crippen LogP contribution in [-0.4, -0.2) is 38.0 Å². The minimum atomic E-state index is -0.937. The summed E-state index contributed by atoms with van der Waals surface area (Å²) >= 11 is 4.61. The summed E-state index contributed by atoms with van der Waals surface area (Å²) < 4.78 is 2.67. The van der Waals surface area contributed by atoms with Gasteiger partial charge in [0.2, 0.25) is 5.13 Å². The highest BCUT2D eigenvalue weighted by Gasteiger charge is 2.17. The zero-order chi connectivity index (χ0) is 25.6. The molecule has 5 rings (SSSR count). The summed E-state index contributed by atoms with van der Waals surface area (Å²) in [6, 6.07) is 26.7. The molecule has 9 nitrogen and oxygen atoms in total. The van der Waals surface area contributed by atoms with Gasteiger partial charge in [-0.2, -0.15) is 10.2 Å². The molecule has 3 aromatic carbocycles. The number of nitrogens with one attached hydrogen (secondary N) is 2. The minimum absolute atomic E-state index is 0.213. The predicted octanol–water partition coefficient (Wildman–Crippen LogP) is 4.91. The molecule has 2 N–H and O–H groups in total. The molecule has 2 aromatic heterocycles. The summed E-state index contributed by atoms with van der Waals surface area (Å²) in [6.45, 7) is 0. The minimum Gasteiger partial charge on any atom is -0.292 e. The molecule has 0 saturated heterocycles. The number of hydrazone groups is 1. The Hall–Kier alpha value is -4.48. The van der Waals surface area contributed by atoms with E-state index in [4.69, 9.17) is 5.10 Å². The number of carbonyl (C=O) groups excluding carboxylic acids is 2. The van der Waals surface area contributed by atoms with Crippen LogP contribution in [0.1, 0.15) is 5.56 Å². The topological polar surface area (TPSA) is 114 Å². The third-order valence-electron chi connectivity index (χ3n) is 5.12. The van der Waals surface area contributed by atoms with Crippen molar-refractivity contribution < 1.29 is 9.59 Å². The number of rotatable bonds is 6. The van der Waals surface area contributed by atoms with E-state index in [-0.39, 0.29) is 5.13 Å². The van der Waals surface area contributed by atoms with Crippen molar-refractivity contribution in [2.24, 2.45) is 5.10 Å². The van der Waals surface area contributed by atoms with Gasteiger partial charge in [0.25, 0.3) is 0 Å². The first-order valence-corrected chi connectivity index (χ1v) is 12.6. The predicted molar refractivity (Wildman–Crippen MR) is 146 cm³/mol. The summed E-state index contributed by atoms with van der Waals surface area (Å²) in [4.78, 5) is 24.7. The highest BCUT2D eigenvalue weighted by atomic mass is 79.9. The summed E-state index contributed by atoms with van der Waals surface area (Å²) in [6.07, 6.45) is 3.25. The molecule has 0 atom stereocenters. The van der Waals surface area contributed by atoms with Gasteiger partial charge in [-0.05, 0) is 24.3 Å². The van der Waals surface area contributed by atoms with Gasteiger partial charge in [0.05, 0.1) is 11.9 Å². The number of hydrogen-bond acceptors (Lipinski definition) is 7. The Morgan fingerprint density at radius 1 is 0.865 bits per heavy atom. The Labute approximate surface area is 224 Å². The Balaban J connectivity index is 1.29. The van der Waals surface area contributed by atoms with Gasteiger partial charge in [-0.1, -0.05) is 87.9 Å². The van der Waals surface area contributed by atoms with Gasteiger partial charge in [0.1, 0.15) is 10.7 Å². The average Bonchev–Trinajstić information content (AvgIpc) is 3.58. The van der Waals surface area contributed by atoms with Crippen LogP contribution in [0.25, 0.3) is 27.5 Å². The fraction of sp³-hybridized carbons (Fsp3) is 0. The summed E-state index contributed by atoms with van der Waals surface area (Å²) in [5.74, 6) is -1.84. The van der Waals surface area contributed by atoms with E-state index in [1.54, 1.807) is 10.9 Å². The third kappa shape index (κ3) is 5.85. The monoisotopic (exact) mass is 571 g/mol. The third-order valence-corrected chi connectivity index (χ3v) is 6.54. The number of carbonyl (C=O) groups is 2. The average molecular weight is 572 g/mol. The summed E-state index contributed by atoms with van der Waals surface area (Å²) in [5, 5.41) is 20.0. The molecule has 0 saturated carbocycles. The van der Waals surface area contributed by atoms with Crippen molar-refractivity contribution in [3.8, 4) is 27.5 Å². The Kier molecular flexibility index (Phi) is 7.24. The van der Waals surface area contributed by atoms with Gasteiger partial charge >= 0.3 is 11.8 Å². The molecule has 5 aromatic rings. The molecular weight excluding hydrogens is 554 g/mol. The molecule has 0 bridgehead atoms.